The van der Waals surface area contributed by atoms with E-state index in [1.165, 1.54) is 11.0 Å². The molecule has 0 bridgehead atoms. The summed E-state index contributed by atoms with van der Waals surface area (Å²) < 4.78 is 5.37. The molecule has 3 aromatic rings. The molecule has 4 N–H and O–H groups in total. The number of ether oxygens (including phenoxy) is 1. The molecule has 42 heavy (non-hydrogen) atoms. The normalized spacial score (nSPS) is 12.6. The Kier molecular flexibility index (Phi) is 10.5. The second-order valence-electron chi connectivity index (χ2n) is 11.4. The number of amides is 4. The minimum Gasteiger partial charge on any atom is -0.444 e. The SMILES string of the molecule is C=CCN(C(=O)C(CCC(N)=O)NC(=O)OC(C)(C)C)C(C(=O)Nc1ccc2ccccc2c1)c1cc(C)cc(C)c1. The summed E-state index contributed by atoms with van der Waals surface area (Å²) in [5, 5.41) is 7.53. The highest BCUT2D eigenvalue weighted by atomic mass is 16.6. The van der Waals surface area contributed by atoms with Crippen molar-refractivity contribution in [3.05, 3.63) is 90.0 Å². The largest absolute Gasteiger partial charge is 0.444 e. The fourth-order valence-electron chi connectivity index (χ4n) is 4.77. The first kappa shape index (κ1) is 31.9. The van der Waals surface area contributed by atoms with E-state index in [1.54, 1.807) is 26.8 Å². The van der Waals surface area contributed by atoms with Gasteiger partial charge in [-0.05, 0) is 69.5 Å². The van der Waals surface area contributed by atoms with Gasteiger partial charge in [0.15, 0.2) is 0 Å². The van der Waals surface area contributed by atoms with Crippen molar-refractivity contribution >= 4 is 40.3 Å². The van der Waals surface area contributed by atoms with E-state index in [4.69, 9.17) is 10.5 Å². The molecule has 0 saturated heterocycles. The van der Waals surface area contributed by atoms with Crippen molar-refractivity contribution in [2.75, 3.05) is 11.9 Å². The zero-order valence-corrected chi connectivity index (χ0v) is 24.9. The highest BCUT2D eigenvalue weighted by molar-refractivity contribution is 6.00. The lowest BCUT2D eigenvalue weighted by molar-refractivity contribution is -0.140. The van der Waals surface area contributed by atoms with E-state index in [-0.39, 0.29) is 19.4 Å². The number of hydrogen-bond acceptors (Lipinski definition) is 5. The lowest BCUT2D eigenvalue weighted by Crippen LogP contribution is -2.52. The summed E-state index contributed by atoms with van der Waals surface area (Å²) in [6, 6.07) is 16.8. The Bertz CT molecular complexity index is 1460. The fraction of sp³-hybridized carbons (Fsp3) is 0.333. The van der Waals surface area contributed by atoms with E-state index >= 15 is 0 Å². The molecular weight excluding hydrogens is 532 g/mol. The van der Waals surface area contributed by atoms with E-state index in [1.807, 2.05) is 68.4 Å². The predicted octanol–water partition coefficient (Wildman–Crippen LogP) is 5.31. The van der Waals surface area contributed by atoms with Crippen LogP contribution in [0, 0.1) is 13.8 Å². The average Bonchev–Trinajstić information content (AvgIpc) is 2.88. The smallest absolute Gasteiger partial charge is 0.408 e. The maximum atomic E-state index is 14.1. The Hall–Kier alpha value is -4.66. The summed E-state index contributed by atoms with van der Waals surface area (Å²) >= 11 is 0. The second kappa shape index (κ2) is 13.8. The highest BCUT2D eigenvalue weighted by Crippen LogP contribution is 2.28. The maximum Gasteiger partial charge on any atom is 0.408 e. The summed E-state index contributed by atoms with van der Waals surface area (Å²) in [6.07, 6.45) is 0.445. The Balaban J connectivity index is 2.04. The van der Waals surface area contributed by atoms with Gasteiger partial charge in [0.25, 0.3) is 5.91 Å². The van der Waals surface area contributed by atoms with Crippen molar-refractivity contribution in [2.24, 2.45) is 5.73 Å². The zero-order valence-electron chi connectivity index (χ0n) is 24.9. The lowest BCUT2D eigenvalue weighted by atomic mass is 9.97. The van der Waals surface area contributed by atoms with Gasteiger partial charge in [-0.1, -0.05) is 65.7 Å². The molecule has 0 fully saturated rings. The Morgan fingerprint density at radius 1 is 0.976 bits per heavy atom. The van der Waals surface area contributed by atoms with Crippen LogP contribution in [0.3, 0.4) is 0 Å². The zero-order chi connectivity index (χ0) is 31.0. The summed E-state index contributed by atoms with van der Waals surface area (Å²) in [4.78, 5) is 53.9. The van der Waals surface area contributed by atoms with Gasteiger partial charge in [-0.15, -0.1) is 6.58 Å². The summed E-state index contributed by atoms with van der Waals surface area (Å²) in [5.41, 5.74) is 7.54. The van der Waals surface area contributed by atoms with Gasteiger partial charge >= 0.3 is 6.09 Å². The van der Waals surface area contributed by atoms with E-state index in [0.717, 1.165) is 21.9 Å². The molecule has 0 aromatic heterocycles. The minimum absolute atomic E-state index is 0.00923. The molecule has 0 saturated carbocycles. The van der Waals surface area contributed by atoms with Gasteiger partial charge in [-0.3, -0.25) is 14.4 Å². The standard InChI is InChI=1S/C33H40N4O5/c1-7-16-37(31(40)27(14-15-28(34)38)36-32(41)42-33(4,5)6)29(25-18-21(2)17-22(3)19-25)30(39)35-26-13-12-23-10-8-9-11-24(23)20-26/h7-13,17-20,27,29H,1,14-16H2,2-6H3,(H2,34,38)(H,35,39)(H,36,41). The van der Waals surface area contributed by atoms with Gasteiger partial charge in [-0.25, -0.2) is 4.79 Å². The van der Waals surface area contributed by atoms with Crippen LogP contribution in [0.2, 0.25) is 0 Å². The quantitative estimate of drug-likeness (QED) is 0.268. The number of primary amides is 1. The first-order valence-corrected chi connectivity index (χ1v) is 13.8. The van der Waals surface area contributed by atoms with Crippen molar-refractivity contribution in [3.8, 4) is 0 Å². The second-order valence-corrected chi connectivity index (χ2v) is 11.4. The number of benzene rings is 3. The van der Waals surface area contributed by atoms with Crippen LogP contribution in [0.25, 0.3) is 10.8 Å². The van der Waals surface area contributed by atoms with Crippen molar-refractivity contribution in [1.82, 2.24) is 10.2 Å². The topological polar surface area (TPSA) is 131 Å². The number of rotatable bonds is 11. The molecule has 2 unspecified atom stereocenters. The summed E-state index contributed by atoms with van der Waals surface area (Å²) in [5.74, 6) is -1.66. The van der Waals surface area contributed by atoms with Crippen LogP contribution >= 0.6 is 0 Å². The van der Waals surface area contributed by atoms with Crippen LogP contribution in [0.1, 0.15) is 56.3 Å². The van der Waals surface area contributed by atoms with Crippen LogP contribution in [0.15, 0.2) is 73.3 Å². The van der Waals surface area contributed by atoms with Gasteiger partial charge in [0.05, 0.1) is 0 Å². The van der Waals surface area contributed by atoms with Gasteiger partial charge in [0.1, 0.15) is 17.7 Å². The number of hydrogen-bond donors (Lipinski definition) is 3. The number of carbonyl (C=O) groups excluding carboxylic acids is 4. The molecule has 0 spiro atoms. The van der Waals surface area contributed by atoms with Gasteiger partial charge in [0, 0.05) is 18.7 Å². The van der Waals surface area contributed by atoms with Crippen LogP contribution in [-0.2, 0) is 19.1 Å². The number of nitrogens with one attached hydrogen (secondary N) is 2. The monoisotopic (exact) mass is 572 g/mol. The van der Waals surface area contributed by atoms with E-state index in [2.05, 4.69) is 17.2 Å². The van der Waals surface area contributed by atoms with Gasteiger partial charge in [-0.2, -0.15) is 0 Å². The van der Waals surface area contributed by atoms with E-state index < -0.39 is 41.5 Å². The van der Waals surface area contributed by atoms with E-state index in [0.29, 0.717) is 11.3 Å². The predicted molar refractivity (Wildman–Crippen MR) is 165 cm³/mol. The molecule has 0 aliphatic heterocycles. The molecule has 0 radical (unpaired) electrons. The highest BCUT2D eigenvalue weighted by Gasteiger charge is 2.36. The number of anilines is 1. The molecule has 9 heteroatoms. The third-order valence-corrected chi connectivity index (χ3v) is 6.41. The number of aryl methyl sites for hydroxylation is 2. The Labute approximate surface area is 247 Å². The molecule has 0 heterocycles. The molecule has 0 aliphatic rings. The molecule has 4 amide bonds. The fourth-order valence-corrected chi connectivity index (χ4v) is 4.77. The van der Waals surface area contributed by atoms with Crippen LogP contribution in [-0.4, -0.2) is 46.9 Å². The van der Waals surface area contributed by atoms with Crippen molar-refractivity contribution in [3.63, 3.8) is 0 Å². The lowest BCUT2D eigenvalue weighted by Gasteiger charge is -2.34. The molecule has 2 atom stereocenters. The molecule has 9 nitrogen and oxygen atoms in total. The molecule has 222 valence electrons. The van der Waals surface area contributed by atoms with Crippen LogP contribution in [0.5, 0.6) is 0 Å². The number of nitrogens with two attached hydrogens (primary N) is 1. The molecule has 0 aliphatic carbocycles. The first-order chi connectivity index (χ1) is 19.8. The molecular formula is C33H40N4O5. The number of fused-ring (bicyclic) bond motifs is 1. The van der Waals surface area contributed by atoms with Gasteiger partial charge in [0.2, 0.25) is 11.8 Å². The third kappa shape index (κ3) is 8.92. The first-order valence-electron chi connectivity index (χ1n) is 13.8. The maximum absolute atomic E-state index is 14.1. The molecule has 3 aromatic carbocycles. The van der Waals surface area contributed by atoms with Crippen molar-refractivity contribution in [1.29, 1.82) is 0 Å². The number of alkyl carbamates (subject to hydrolysis) is 1. The van der Waals surface area contributed by atoms with E-state index in [9.17, 15) is 19.2 Å². The summed E-state index contributed by atoms with van der Waals surface area (Å²) in [6.45, 7) is 12.7. The Morgan fingerprint density at radius 2 is 1.62 bits per heavy atom. The van der Waals surface area contributed by atoms with Crippen molar-refractivity contribution < 1.29 is 23.9 Å². The average molecular weight is 573 g/mol. The van der Waals surface area contributed by atoms with Crippen LogP contribution < -0.4 is 16.4 Å². The van der Waals surface area contributed by atoms with Crippen LogP contribution in [0.4, 0.5) is 10.5 Å². The third-order valence-electron chi connectivity index (χ3n) is 6.41. The summed E-state index contributed by atoms with van der Waals surface area (Å²) in [7, 11) is 0. The number of carbonyl (C=O) groups is 4. The molecule has 3 rings (SSSR count). The van der Waals surface area contributed by atoms with Gasteiger partial charge < -0.3 is 26.0 Å². The van der Waals surface area contributed by atoms with Crippen molar-refractivity contribution in [2.45, 2.75) is 65.1 Å². The number of nitrogens with zero attached hydrogens (tertiary/aromatic N) is 1. The minimum atomic E-state index is -1.19. The Morgan fingerprint density at radius 3 is 2.21 bits per heavy atom.